The van der Waals surface area contributed by atoms with Crippen LogP contribution < -0.4 is 9.83 Å². The molecule has 1 atom stereocenters. The number of nitro groups is 1. The van der Waals surface area contributed by atoms with Gasteiger partial charge in [0.05, 0.1) is 11.5 Å². The second-order valence-electron chi connectivity index (χ2n) is 5.57. The summed E-state index contributed by atoms with van der Waals surface area (Å²) in [7, 11) is 0. The highest BCUT2D eigenvalue weighted by molar-refractivity contribution is 8.13. The minimum atomic E-state index is -2.72. The van der Waals surface area contributed by atoms with Crippen LogP contribution in [0.2, 0.25) is 0 Å². The fraction of sp³-hybridized carbons (Fsp3) is 0.333. The molecule has 134 valence electrons. The molecule has 0 aliphatic heterocycles. The van der Waals surface area contributed by atoms with E-state index in [4.69, 9.17) is 20.9 Å². The third-order valence-electron chi connectivity index (χ3n) is 3.60. The molecule has 0 radical (unpaired) electrons. The maximum atomic E-state index is 10.8. The Morgan fingerprint density at radius 3 is 2.32 bits per heavy atom. The van der Waals surface area contributed by atoms with Gasteiger partial charge in [0, 0.05) is 17.4 Å². The van der Waals surface area contributed by atoms with E-state index in [0.717, 1.165) is 24.6 Å². The van der Waals surface area contributed by atoms with Crippen LogP contribution in [0.3, 0.4) is 0 Å². The van der Waals surface area contributed by atoms with Crippen molar-refractivity contribution in [3.63, 3.8) is 0 Å². The predicted octanol–water partition coefficient (Wildman–Crippen LogP) is 5.21. The predicted molar refractivity (Wildman–Crippen MR) is 104 cm³/mol. The first-order valence-electron chi connectivity index (χ1n) is 8.29. The van der Waals surface area contributed by atoms with Gasteiger partial charge in [0.2, 0.25) is 0 Å². The summed E-state index contributed by atoms with van der Waals surface area (Å²) < 4.78 is 12.0. The molecule has 0 spiro atoms. The van der Waals surface area contributed by atoms with E-state index in [1.54, 1.807) is 12.1 Å². The highest BCUT2D eigenvalue weighted by atomic mass is 32.5. The lowest BCUT2D eigenvalue weighted by Crippen LogP contribution is -2.12. The molecule has 0 saturated heterocycles. The van der Waals surface area contributed by atoms with Crippen molar-refractivity contribution in [2.24, 2.45) is 0 Å². The number of unbranched alkanes of at least 4 members (excludes halogenated alkanes) is 3. The minimum Gasteiger partial charge on any atom is -0.440 e. The maximum absolute atomic E-state index is 10.8. The Bertz CT molecular complexity index is 722. The van der Waals surface area contributed by atoms with E-state index in [1.807, 2.05) is 30.3 Å². The maximum Gasteiger partial charge on any atom is 0.269 e. The SMILES string of the molecule is CCCCCCOP(=S)(Oc1ccc([N+](=O)[O-])cc1)c1ccccc1. The zero-order valence-electron chi connectivity index (χ0n) is 14.2. The first-order valence-corrected chi connectivity index (χ1v) is 10.9. The third-order valence-corrected chi connectivity index (χ3v) is 6.68. The molecule has 2 aromatic rings. The van der Waals surface area contributed by atoms with Gasteiger partial charge in [-0.05, 0) is 42.5 Å². The Kier molecular flexibility index (Phi) is 7.56. The van der Waals surface area contributed by atoms with Gasteiger partial charge < -0.3 is 9.05 Å². The standard InChI is InChI=1S/C18H22NO4PS/c1-2-3-4-8-15-22-24(25,18-9-6-5-7-10-18)23-17-13-11-16(12-14-17)19(20)21/h5-7,9-14H,2-4,8,15H2,1H3. The molecule has 7 heteroatoms. The fourth-order valence-corrected chi connectivity index (χ4v) is 4.71. The van der Waals surface area contributed by atoms with Gasteiger partial charge >= 0.3 is 0 Å². The van der Waals surface area contributed by atoms with Crippen LogP contribution in [0, 0.1) is 10.1 Å². The van der Waals surface area contributed by atoms with Gasteiger partial charge in [-0.25, -0.2) is 0 Å². The smallest absolute Gasteiger partial charge is 0.269 e. The number of benzene rings is 2. The molecule has 0 aliphatic carbocycles. The van der Waals surface area contributed by atoms with Crippen LogP contribution in [-0.4, -0.2) is 11.5 Å². The highest BCUT2D eigenvalue weighted by Gasteiger charge is 2.24. The van der Waals surface area contributed by atoms with Crippen LogP contribution in [0.15, 0.2) is 54.6 Å². The van der Waals surface area contributed by atoms with Gasteiger partial charge in [0.1, 0.15) is 5.75 Å². The summed E-state index contributed by atoms with van der Waals surface area (Å²) in [5.41, 5.74) is 0.0147. The minimum absolute atomic E-state index is 0.0147. The zero-order chi connectivity index (χ0) is 18.1. The van der Waals surface area contributed by atoms with E-state index in [-0.39, 0.29) is 5.69 Å². The number of hydrogen-bond acceptors (Lipinski definition) is 5. The topological polar surface area (TPSA) is 61.6 Å². The lowest BCUT2D eigenvalue weighted by atomic mass is 10.2. The molecule has 0 N–H and O–H groups in total. The monoisotopic (exact) mass is 379 g/mol. The Morgan fingerprint density at radius 1 is 1.04 bits per heavy atom. The summed E-state index contributed by atoms with van der Waals surface area (Å²) in [4.78, 5) is 10.3. The molecule has 0 aromatic heterocycles. The van der Waals surface area contributed by atoms with Crippen LogP contribution in [0.1, 0.15) is 32.6 Å². The highest BCUT2D eigenvalue weighted by Crippen LogP contribution is 2.48. The molecule has 2 rings (SSSR count). The van der Waals surface area contributed by atoms with Gasteiger partial charge in [-0.1, -0.05) is 44.4 Å². The van der Waals surface area contributed by atoms with E-state index in [1.165, 1.54) is 18.6 Å². The second kappa shape index (κ2) is 9.66. The van der Waals surface area contributed by atoms with E-state index < -0.39 is 11.4 Å². The fourth-order valence-electron chi connectivity index (χ4n) is 2.25. The number of nitro benzene ring substituents is 1. The number of hydrogen-bond donors (Lipinski definition) is 0. The van der Waals surface area contributed by atoms with Crippen LogP contribution in [-0.2, 0) is 16.3 Å². The largest absolute Gasteiger partial charge is 0.440 e. The summed E-state index contributed by atoms with van der Waals surface area (Å²) in [5.74, 6) is 0.478. The van der Waals surface area contributed by atoms with Crippen LogP contribution >= 0.6 is 6.49 Å². The van der Waals surface area contributed by atoms with Crippen molar-refractivity contribution in [1.29, 1.82) is 0 Å². The second-order valence-corrected chi connectivity index (χ2v) is 8.96. The van der Waals surface area contributed by atoms with E-state index >= 15 is 0 Å². The van der Waals surface area contributed by atoms with E-state index in [9.17, 15) is 10.1 Å². The van der Waals surface area contributed by atoms with Gasteiger partial charge in [0.25, 0.3) is 12.2 Å². The first-order chi connectivity index (χ1) is 12.0. The molecule has 0 bridgehead atoms. The van der Waals surface area contributed by atoms with E-state index in [2.05, 4.69) is 6.92 Å². The van der Waals surface area contributed by atoms with Gasteiger partial charge in [-0.2, -0.15) is 0 Å². The molecular weight excluding hydrogens is 357 g/mol. The van der Waals surface area contributed by atoms with Crippen LogP contribution in [0.5, 0.6) is 5.75 Å². The lowest BCUT2D eigenvalue weighted by molar-refractivity contribution is -0.384. The van der Waals surface area contributed by atoms with Crippen LogP contribution in [0.4, 0.5) is 5.69 Å². The summed E-state index contributed by atoms with van der Waals surface area (Å²) >= 11 is 5.75. The molecule has 0 saturated carbocycles. The van der Waals surface area contributed by atoms with Crippen LogP contribution in [0.25, 0.3) is 0 Å². The summed E-state index contributed by atoms with van der Waals surface area (Å²) in [6, 6.07) is 15.4. The van der Waals surface area contributed by atoms with Crippen molar-refractivity contribution in [3.8, 4) is 5.75 Å². The molecule has 0 amide bonds. The Hall–Kier alpha value is -1.75. The molecule has 0 heterocycles. The average molecular weight is 379 g/mol. The molecule has 2 aromatic carbocycles. The van der Waals surface area contributed by atoms with Crippen molar-refractivity contribution in [2.45, 2.75) is 32.6 Å². The molecule has 5 nitrogen and oxygen atoms in total. The van der Waals surface area contributed by atoms with Crippen molar-refractivity contribution in [1.82, 2.24) is 0 Å². The summed E-state index contributed by atoms with van der Waals surface area (Å²) in [6.45, 7) is -0.0172. The zero-order valence-corrected chi connectivity index (χ0v) is 15.9. The van der Waals surface area contributed by atoms with Crippen molar-refractivity contribution in [2.75, 3.05) is 6.61 Å². The van der Waals surface area contributed by atoms with Crippen molar-refractivity contribution >= 4 is 29.3 Å². The molecular formula is C18H22NO4PS. The number of non-ortho nitro benzene ring substituents is 1. The molecule has 0 fully saturated rings. The van der Waals surface area contributed by atoms with Gasteiger partial charge in [-0.3, -0.25) is 10.1 Å². The molecule has 25 heavy (non-hydrogen) atoms. The quantitative estimate of drug-likeness (QED) is 0.246. The first kappa shape index (κ1) is 19.6. The van der Waals surface area contributed by atoms with Gasteiger partial charge in [-0.15, -0.1) is 0 Å². The van der Waals surface area contributed by atoms with Crippen molar-refractivity contribution < 1.29 is 14.0 Å². The molecule has 0 aliphatic rings. The van der Waals surface area contributed by atoms with Gasteiger partial charge in [0.15, 0.2) is 0 Å². The lowest BCUT2D eigenvalue weighted by Gasteiger charge is -2.23. The average Bonchev–Trinajstić information content (AvgIpc) is 2.63. The molecule has 1 unspecified atom stereocenters. The third kappa shape index (κ3) is 5.92. The Morgan fingerprint density at radius 2 is 1.72 bits per heavy atom. The number of rotatable bonds is 10. The van der Waals surface area contributed by atoms with Crippen molar-refractivity contribution in [3.05, 3.63) is 64.7 Å². The Labute approximate surface area is 153 Å². The summed E-state index contributed by atoms with van der Waals surface area (Å²) in [6.07, 6.45) is 4.35. The van der Waals surface area contributed by atoms with E-state index in [0.29, 0.717) is 12.4 Å². The normalized spacial score (nSPS) is 13.2. The number of nitrogens with zero attached hydrogens (tertiary/aromatic N) is 1. The summed E-state index contributed by atoms with van der Waals surface area (Å²) in [5, 5.41) is 11.6. The Balaban J connectivity index is 2.14.